The molecule has 0 saturated carbocycles. The molecule has 0 aliphatic carbocycles. The van der Waals surface area contributed by atoms with Gasteiger partial charge in [0.1, 0.15) is 0 Å². The number of hydrogen-bond donors (Lipinski definition) is 0. The molecule has 0 radical (unpaired) electrons. The summed E-state index contributed by atoms with van der Waals surface area (Å²) in [5.74, 6) is 0. The molecule has 3 heteroatoms. The zero-order valence-electron chi connectivity index (χ0n) is 10.3. The van der Waals surface area contributed by atoms with Crippen LogP contribution in [0.3, 0.4) is 0 Å². The van der Waals surface area contributed by atoms with Crippen molar-refractivity contribution in [2.45, 2.75) is 32.4 Å². The second-order valence-electron chi connectivity index (χ2n) is 5.30. The maximum atomic E-state index is 5.62. The van der Waals surface area contributed by atoms with Gasteiger partial charge >= 0.3 is 0 Å². The highest BCUT2D eigenvalue weighted by Crippen LogP contribution is 2.22. The summed E-state index contributed by atoms with van der Waals surface area (Å²) in [7, 11) is -1.24. The van der Waals surface area contributed by atoms with Gasteiger partial charge in [0.2, 0.25) is 0 Å². The van der Waals surface area contributed by atoms with Crippen LogP contribution in [0.2, 0.25) is 19.6 Å². The number of benzene rings is 1. The molecule has 88 valence electrons. The van der Waals surface area contributed by atoms with Crippen LogP contribution in [0.15, 0.2) is 24.3 Å². The molecule has 2 nitrogen and oxygen atoms in total. The molecule has 0 spiro atoms. The molecule has 0 N–H and O–H groups in total. The third kappa shape index (κ3) is 2.73. The molecule has 16 heavy (non-hydrogen) atoms. The van der Waals surface area contributed by atoms with Crippen molar-refractivity contribution in [2.24, 2.45) is 0 Å². The second-order valence-corrected chi connectivity index (χ2v) is 10.4. The van der Waals surface area contributed by atoms with Crippen LogP contribution in [0, 0.1) is 0 Å². The maximum absolute atomic E-state index is 5.62. The van der Waals surface area contributed by atoms with E-state index >= 15 is 0 Å². The SMILES string of the molecule is C[Si](C)(C)c1cccc(C2OCCCO2)c1. The largest absolute Gasteiger partial charge is 0.348 e. The van der Waals surface area contributed by atoms with E-state index in [9.17, 15) is 0 Å². The summed E-state index contributed by atoms with van der Waals surface area (Å²) >= 11 is 0. The molecule has 1 aliphatic rings. The molecule has 1 heterocycles. The third-order valence-electron chi connectivity index (χ3n) is 2.85. The van der Waals surface area contributed by atoms with E-state index in [0.29, 0.717) is 0 Å². The average Bonchev–Trinajstić information content (AvgIpc) is 2.29. The van der Waals surface area contributed by atoms with Gasteiger partial charge in [-0.1, -0.05) is 49.1 Å². The molecule has 0 bridgehead atoms. The van der Waals surface area contributed by atoms with Crippen LogP contribution >= 0.6 is 0 Å². The number of hydrogen-bond acceptors (Lipinski definition) is 2. The Labute approximate surface area is 98.6 Å². The summed E-state index contributed by atoms with van der Waals surface area (Å²) in [6.45, 7) is 8.68. The maximum Gasteiger partial charge on any atom is 0.183 e. The molecule has 1 aromatic carbocycles. The first-order valence-electron chi connectivity index (χ1n) is 5.91. The van der Waals surface area contributed by atoms with Gasteiger partial charge in [0.25, 0.3) is 0 Å². The van der Waals surface area contributed by atoms with Crippen molar-refractivity contribution in [2.75, 3.05) is 13.2 Å². The monoisotopic (exact) mass is 236 g/mol. The van der Waals surface area contributed by atoms with Gasteiger partial charge in [0.15, 0.2) is 6.29 Å². The van der Waals surface area contributed by atoms with Crippen molar-refractivity contribution in [3.05, 3.63) is 29.8 Å². The minimum Gasteiger partial charge on any atom is -0.348 e. The Hall–Kier alpha value is -0.643. The van der Waals surface area contributed by atoms with Gasteiger partial charge in [0.05, 0.1) is 21.3 Å². The van der Waals surface area contributed by atoms with Gasteiger partial charge in [-0.05, 0) is 6.42 Å². The summed E-state index contributed by atoms with van der Waals surface area (Å²) in [6.07, 6.45) is 0.856. The summed E-state index contributed by atoms with van der Waals surface area (Å²) in [5, 5.41) is 1.46. The minimum atomic E-state index is -1.24. The summed E-state index contributed by atoms with van der Waals surface area (Å²) in [5.41, 5.74) is 1.17. The summed E-state index contributed by atoms with van der Waals surface area (Å²) < 4.78 is 11.2. The molecule has 1 saturated heterocycles. The Morgan fingerprint density at radius 1 is 1.12 bits per heavy atom. The highest BCUT2D eigenvalue weighted by Gasteiger charge is 2.20. The quantitative estimate of drug-likeness (QED) is 0.735. The Morgan fingerprint density at radius 3 is 2.44 bits per heavy atom. The van der Waals surface area contributed by atoms with E-state index in [4.69, 9.17) is 9.47 Å². The topological polar surface area (TPSA) is 18.5 Å². The fourth-order valence-electron chi connectivity index (χ4n) is 1.83. The molecular weight excluding hydrogens is 216 g/mol. The fourth-order valence-corrected chi connectivity index (χ4v) is 3.03. The lowest BCUT2D eigenvalue weighted by Crippen LogP contribution is -2.37. The van der Waals surface area contributed by atoms with Gasteiger partial charge in [-0.2, -0.15) is 0 Å². The second kappa shape index (κ2) is 4.70. The highest BCUT2D eigenvalue weighted by molar-refractivity contribution is 6.88. The first-order valence-corrected chi connectivity index (χ1v) is 9.41. The van der Waals surface area contributed by atoms with E-state index < -0.39 is 8.07 Å². The molecule has 1 fully saturated rings. The van der Waals surface area contributed by atoms with E-state index in [1.54, 1.807) is 0 Å². The van der Waals surface area contributed by atoms with Crippen LogP contribution in [0.5, 0.6) is 0 Å². The van der Waals surface area contributed by atoms with Crippen LogP contribution in [0.25, 0.3) is 0 Å². The van der Waals surface area contributed by atoms with Crippen molar-refractivity contribution in [1.29, 1.82) is 0 Å². The van der Waals surface area contributed by atoms with Gasteiger partial charge in [-0.15, -0.1) is 0 Å². The Bertz CT molecular complexity index is 351. The van der Waals surface area contributed by atoms with Crippen molar-refractivity contribution < 1.29 is 9.47 Å². The highest BCUT2D eigenvalue weighted by atomic mass is 28.3. The fraction of sp³-hybridized carbons (Fsp3) is 0.538. The lowest BCUT2D eigenvalue weighted by atomic mass is 10.2. The number of ether oxygens (including phenoxy) is 2. The first-order chi connectivity index (χ1) is 7.57. The molecule has 0 amide bonds. The Balaban J connectivity index is 2.21. The van der Waals surface area contributed by atoms with E-state index in [0.717, 1.165) is 19.6 Å². The molecule has 1 aromatic rings. The molecule has 1 aliphatic heterocycles. The number of rotatable bonds is 2. The van der Waals surface area contributed by atoms with E-state index in [1.165, 1.54) is 10.8 Å². The minimum absolute atomic E-state index is 0.148. The van der Waals surface area contributed by atoms with E-state index in [-0.39, 0.29) is 6.29 Å². The van der Waals surface area contributed by atoms with Crippen LogP contribution in [-0.4, -0.2) is 21.3 Å². The average molecular weight is 236 g/mol. The summed E-state index contributed by atoms with van der Waals surface area (Å²) in [6, 6.07) is 8.69. The zero-order valence-corrected chi connectivity index (χ0v) is 11.3. The van der Waals surface area contributed by atoms with Crippen molar-refractivity contribution in [1.82, 2.24) is 0 Å². The molecule has 0 aromatic heterocycles. The van der Waals surface area contributed by atoms with Gasteiger partial charge in [-0.25, -0.2) is 0 Å². The van der Waals surface area contributed by atoms with Crippen LogP contribution in [0.4, 0.5) is 0 Å². The van der Waals surface area contributed by atoms with Crippen LogP contribution < -0.4 is 5.19 Å². The third-order valence-corrected chi connectivity index (χ3v) is 4.90. The van der Waals surface area contributed by atoms with E-state index in [2.05, 4.69) is 43.9 Å². The van der Waals surface area contributed by atoms with Crippen molar-refractivity contribution in [3.8, 4) is 0 Å². The van der Waals surface area contributed by atoms with Crippen molar-refractivity contribution >= 4 is 13.3 Å². The zero-order chi connectivity index (χ0) is 11.6. The van der Waals surface area contributed by atoms with Crippen LogP contribution in [-0.2, 0) is 9.47 Å². The Kier molecular flexibility index (Phi) is 3.47. The predicted molar refractivity (Wildman–Crippen MR) is 68.7 cm³/mol. The summed E-state index contributed by atoms with van der Waals surface area (Å²) in [4.78, 5) is 0. The first kappa shape index (κ1) is 11.8. The van der Waals surface area contributed by atoms with Crippen LogP contribution in [0.1, 0.15) is 18.3 Å². The smallest absolute Gasteiger partial charge is 0.183 e. The van der Waals surface area contributed by atoms with Crippen molar-refractivity contribution in [3.63, 3.8) is 0 Å². The lowest BCUT2D eigenvalue weighted by Gasteiger charge is -2.25. The van der Waals surface area contributed by atoms with Gasteiger partial charge in [-0.3, -0.25) is 0 Å². The van der Waals surface area contributed by atoms with Gasteiger partial charge < -0.3 is 9.47 Å². The predicted octanol–water partition coefficient (Wildman–Crippen LogP) is 2.67. The van der Waals surface area contributed by atoms with Gasteiger partial charge in [0, 0.05) is 5.56 Å². The van der Waals surface area contributed by atoms with E-state index in [1.807, 2.05) is 0 Å². The molecule has 0 atom stereocenters. The molecule has 2 rings (SSSR count). The standard InChI is InChI=1S/C13H20O2Si/c1-16(2,3)12-7-4-6-11(10-12)13-14-8-5-9-15-13/h4,6-7,10,13H,5,8-9H2,1-3H3. The Morgan fingerprint density at radius 2 is 1.81 bits per heavy atom. The lowest BCUT2D eigenvalue weighted by molar-refractivity contribution is -0.182. The molecular formula is C13H20O2Si. The molecule has 0 unspecified atom stereocenters. The normalized spacial score (nSPS) is 18.7.